The van der Waals surface area contributed by atoms with Gasteiger partial charge in [0, 0.05) is 31.0 Å². The van der Waals surface area contributed by atoms with Crippen LogP contribution >= 0.6 is 0 Å². The first kappa shape index (κ1) is 18.0. The number of aromatic nitrogens is 3. The van der Waals surface area contributed by atoms with Crippen molar-refractivity contribution >= 4 is 20.9 Å². The van der Waals surface area contributed by atoms with Gasteiger partial charge in [-0.05, 0) is 30.7 Å². The average molecular weight is 388 g/mol. The van der Waals surface area contributed by atoms with Gasteiger partial charge < -0.3 is 9.63 Å². The maximum absolute atomic E-state index is 13.3. The smallest absolute Gasteiger partial charge is 0.260 e. The zero-order valence-corrected chi connectivity index (χ0v) is 15.9. The van der Waals surface area contributed by atoms with E-state index in [4.69, 9.17) is 4.52 Å². The second kappa shape index (κ2) is 6.36. The summed E-state index contributed by atoms with van der Waals surface area (Å²) < 4.78 is 32.9. The lowest BCUT2D eigenvalue weighted by molar-refractivity contribution is 0.0194. The number of hydrogen-bond donors (Lipinski definition) is 1. The van der Waals surface area contributed by atoms with Crippen LogP contribution in [0.2, 0.25) is 0 Å². The molecule has 1 aromatic carbocycles. The minimum absolute atomic E-state index is 0.0625. The van der Waals surface area contributed by atoms with Gasteiger partial charge in [0.1, 0.15) is 0 Å². The zero-order chi connectivity index (χ0) is 19.2. The van der Waals surface area contributed by atoms with Gasteiger partial charge in [0.25, 0.3) is 5.89 Å². The highest BCUT2D eigenvalue weighted by Crippen LogP contribution is 2.35. The van der Waals surface area contributed by atoms with E-state index in [1.165, 1.54) is 4.31 Å². The van der Waals surface area contributed by atoms with Crippen molar-refractivity contribution in [2.75, 3.05) is 13.1 Å². The van der Waals surface area contributed by atoms with Crippen molar-refractivity contribution in [2.24, 2.45) is 0 Å². The molecule has 1 aliphatic heterocycles. The normalized spacial score (nSPS) is 21.1. The summed E-state index contributed by atoms with van der Waals surface area (Å²) in [5, 5.41) is 15.3. The van der Waals surface area contributed by atoms with Gasteiger partial charge in [-0.3, -0.25) is 4.98 Å². The summed E-state index contributed by atoms with van der Waals surface area (Å²) in [6.07, 6.45) is 2.41. The molecule has 8 nitrogen and oxygen atoms in total. The van der Waals surface area contributed by atoms with Crippen LogP contribution in [0.1, 0.15) is 30.6 Å². The van der Waals surface area contributed by atoms with Crippen molar-refractivity contribution in [3.63, 3.8) is 0 Å². The van der Waals surface area contributed by atoms with Gasteiger partial charge in [-0.15, -0.1) is 0 Å². The van der Waals surface area contributed by atoms with Crippen molar-refractivity contribution in [3.8, 4) is 0 Å². The minimum atomic E-state index is -3.82. The Labute approximate surface area is 156 Å². The van der Waals surface area contributed by atoms with Gasteiger partial charge in [-0.25, -0.2) is 8.42 Å². The van der Waals surface area contributed by atoms with Gasteiger partial charge in [0.2, 0.25) is 10.0 Å². The molecule has 0 spiro atoms. The molecule has 2 aromatic heterocycles. The lowest BCUT2D eigenvalue weighted by Crippen LogP contribution is -2.34. The van der Waals surface area contributed by atoms with E-state index in [-0.39, 0.29) is 30.3 Å². The highest BCUT2D eigenvalue weighted by Gasteiger charge is 2.47. The van der Waals surface area contributed by atoms with E-state index in [0.29, 0.717) is 23.1 Å². The SMILES string of the molecule is CCc1noc([C@@]2(O)CCN(S(=O)(=O)c3ccc(C)c4ncccc34)C2)n1. The van der Waals surface area contributed by atoms with Crippen molar-refractivity contribution in [3.05, 3.63) is 47.7 Å². The lowest BCUT2D eigenvalue weighted by Gasteiger charge is -2.20. The van der Waals surface area contributed by atoms with Crippen LogP contribution in [0.4, 0.5) is 0 Å². The molecule has 0 bridgehead atoms. The van der Waals surface area contributed by atoms with E-state index in [0.717, 1.165) is 5.56 Å². The van der Waals surface area contributed by atoms with Gasteiger partial charge in [0.15, 0.2) is 11.4 Å². The molecule has 0 aliphatic carbocycles. The molecule has 0 radical (unpaired) electrons. The summed E-state index contributed by atoms with van der Waals surface area (Å²) in [6, 6.07) is 6.80. The number of β-amino-alcohol motifs (C(OH)–C–C–N with tert-alkyl or cyclic N) is 1. The molecule has 0 unspecified atom stereocenters. The first-order valence-electron chi connectivity index (χ1n) is 8.75. The first-order valence-corrected chi connectivity index (χ1v) is 10.2. The highest BCUT2D eigenvalue weighted by molar-refractivity contribution is 7.89. The van der Waals surface area contributed by atoms with Gasteiger partial charge >= 0.3 is 0 Å². The molecule has 3 aromatic rings. The molecule has 1 fully saturated rings. The number of rotatable bonds is 4. The third-order valence-electron chi connectivity index (χ3n) is 4.94. The van der Waals surface area contributed by atoms with Crippen molar-refractivity contribution < 1.29 is 18.0 Å². The van der Waals surface area contributed by atoms with Gasteiger partial charge in [-0.1, -0.05) is 18.1 Å². The maximum Gasteiger partial charge on any atom is 0.260 e. The van der Waals surface area contributed by atoms with Crippen LogP contribution in [0, 0.1) is 6.92 Å². The molecule has 142 valence electrons. The lowest BCUT2D eigenvalue weighted by atomic mass is 10.0. The molecular formula is C18H20N4O4S. The molecule has 1 atom stereocenters. The van der Waals surface area contributed by atoms with E-state index in [1.807, 2.05) is 13.8 Å². The number of hydrogen-bond acceptors (Lipinski definition) is 7. The Kier molecular flexibility index (Phi) is 4.25. The van der Waals surface area contributed by atoms with Gasteiger partial charge in [0.05, 0.1) is 17.0 Å². The molecule has 1 saturated heterocycles. The monoisotopic (exact) mass is 388 g/mol. The van der Waals surface area contributed by atoms with Crippen LogP contribution in [0.3, 0.4) is 0 Å². The number of nitrogens with zero attached hydrogens (tertiary/aromatic N) is 4. The Morgan fingerprint density at radius 2 is 2.15 bits per heavy atom. The number of fused-ring (bicyclic) bond motifs is 1. The van der Waals surface area contributed by atoms with E-state index in [2.05, 4.69) is 15.1 Å². The molecular weight excluding hydrogens is 368 g/mol. The predicted molar refractivity (Wildman–Crippen MR) is 97.4 cm³/mol. The summed E-state index contributed by atoms with van der Waals surface area (Å²) >= 11 is 0. The topological polar surface area (TPSA) is 109 Å². The molecule has 1 N–H and O–H groups in total. The van der Waals surface area contributed by atoms with Crippen molar-refractivity contribution in [1.29, 1.82) is 0 Å². The standard InChI is InChI=1S/C18H20N4O4S/c1-3-15-20-17(26-21-15)18(23)8-10-22(11-18)27(24,25)14-7-6-12(2)16-13(14)5-4-9-19-16/h4-7,9,23H,3,8,10-11H2,1-2H3/t18-/m1/s1. The predicted octanol–water partition coefficient (Wildman–Crippen LogP) is 1.77. The first-order chi connectivity index (χ1) is 12.8. The fourth-order valence-corrected chi connectivity index (χ4v) is 5.05. The Morgan fingerprint density at radius 1 is 1.33 bits per heavy atom. The van der Waals surface area contributed by atoms with E-state index in [9.17, 15) is 13.5 Å². The molecule has 9 heteroatoms. The molecule has 0 saturated carbocycles. The average Bonchev–Trinajstić information content (AvgIpc) is 3.30. The number of aliphatic hydroxyl groups is 1. The molecule has 4 rings (SSSR count). The third kappa shape index (κ3) is 2.91. The Morgan fingerprint density at radius 3 is 2.89 bits per heavy atom. The number of pyridine rings is 1. The van der Waals surface area contributed by atoms with Crippen LogP contribution in [0.25, 0.3) is 10.9 Å². The van der Waals surface area contributed by atoms with E-state index < -0.39 is 15.6 Å². The summed E-state index contributed by atoms with van der Waals surface area (Å²) in [5.41, 5.74) is 0.0737. The summed E-state index contributed by atoms with van der Waals surface area (Å²) in [6.45, 7) is 3.80. The van der Waals surface area contributed by atoms with Crippen LogP contribution in [-0.4, -0.2) is 46.0 Å². The third-order valence-corrected chi connectivity index (χ3v) is 6.85. The Bertz CT molecular complexity index is 1110. The zero-order valence-electron chi connectivity index (χ0n) is 15.1. The quantitative estimate of drug-likeness (QED) is 0.725. The molecule has 3 heterocycles. The van der Waals surface area contributed by atoms with Gasteiger partial charge in [-0.2, -0.15) is 9.29 Å². The van der Waals surface area contributed by atoms with Crippen molar-refractivity contribution in [2.45, 2.75) is 37.2 Å². The van der Waals surface area contributed by atoms with E-state index >= 15 is 0 Å². The number of sulfonamides is 1. The summed E-state index contributed by atoms with van der Waals surface area (Å²) in [7, 11) is -3.82. The summed E-state index contributed by atoms with van der Waals surface area (Å²) in [4.78, 5) is 8.66. The van der Waals surface area contributed by atoms with E-state index in [1.54, 1.807) is 30.5 Å². The maximum atomic E-state index is 13.3. The fraction of sp³-hybridized carbons (Fsp3) is 0.389. The minimum Gasteiger partial charge on any atom is -0.379 e. The largest absolute Gasteiger partial charge is 0.379 e. The number of aryl methyl sites for hydroxylation is 2. The molecule has 1 aliphatic rings. The van der Waals surface area contributed by atoms with Crippen LogP contribution < -0.4 is 0 Å². The van der Waals surface area contributed by atoms with Crippen LogP contribution in [0.5, 0.6) is 0 Å². The summed E-state index contributed by atoms with van der Waals surface area (Å²) in [5.74, 6) is 0.544. The molecule has 27 heavy (non-hydrogen) atoms. The van der Waals surface area contributed by atoms with Crippen LogP contribution in [-0.2, 0) is 22.0 Å². The Hall–Kier alpha value is -2.36. The second-order valence-electron chi connectivity index (χ2n) is 6.77. The van der Waals surface area contributed by atoms with Crippen LogP contribution in [0.15, 0.2) is 39.9 Å². The fourth-order valence-electron chi connectivity index (χ4n) is 3.38. The number of benzene rings is 1. The highest BCUT2D eigenvalue weighted by atomic mass is 32.2. The second-order valence-corrected chi connectivity index (χ2v) is 8.68. The Balaban J connectivity index is 1.71. The molecule has 0 amide bonds. The van der Waals surface area contributed by atoms with Crippen molar-refractivity contribution in [1.82, 2.24) is 19.4 Å².